The fraction of sp³-hybridized carbons (Fsp3) is 0.200. The molecule has 0 aliphatic heterocycles. The summed E-state index contributed by atoms with van der Waals surface area (Å²) < 4.78 is 10.3. The van der Waals surface area contributed by atoms with Crippen LogP contribution in [0.1, 0.15) is 39.0 Å². The molecule has 0 spiro atoms. The van der Waals surface area contributed by atoms with Crippen LogP contribution >= 0.6 is 0 Å². The highest BCUT2D eigenvalue weighted by atomic mass is 16.5. The number of nitrogens with one attached hydrogen (secondary N) is 1. The van der Waals surface area contributed by atoms with Crippen LogP contribution in [0.4, 0.5) is 0 Å². The van der Waals surface area contributed by atoms with Crippen LogP contribution in [0, 0.1) is 6.92 Å². The second kappa shape index (κ2) is 6.18. The van der Waals surface area contributed by atoms with E-state index < -0.39 is 0 Å². The molecule has 1 heterocycles. The quantitative estimate of drug-likeness (QED) is 0.791. The standard InChI is InChI=1S/C20H18N2O3/c1-12-17(11-24-2)19(22-25-12)20(23)21-18-15-9-5-3-7-13(15)14-8-4-6-10-16(14)18/h3-10,18H,11H2,1-2H3,(H,21,23). The third kappa shape index (κ3) is 2.53. The van der Waals surface area contributed by atoms with Crippen molar-refractivity contribution in [1.82, 2.24) is 10.5 Å². The molecule has 4 rings (SSSR count). The lowest BCUT2D eigenvalue weighted by atomic mass is 10.0. The van der Waals surface area contributed by atoms with E-state index in [0.29, 0.717) is 11.3 Å². The van der Waals surface area contributed by atoms with Gasteiger partial charge in [-0.15, -0.1) is 0 Å². The van der Waals surface area contributed by atoms with Crippen LogP contribution in [0.2, 0.25) is 0 Å². The highest BCUT2D eigenvalue weighted by Gasteiger charge is 2.31. The number of carbonyl (C=O) groups is 1. The normalized spacial score (nSPS) is 12.7. The molecule has 1 aliphatic rings. The predicted octanol–water partition coefficient (Wildman–Crippen LogP) is 3.63. The zero-order chi connectivity index (χ0) is 17.4. The molecule has 1 aliphatic carbocycles. The molecule has 0 radical (unpaired) electrons. The lowest BCUT2D eigenvalue weighted by Crippen LogP contribution is -2.29. The summed E-state index contributed by atoms with van der Waals surface area (Å²) in [6.07, 6.45) is 0. The van der Waals surface area contributed by atoms with Crippen molar-refractivity contribution < 1.29 is 14.1 Å². The van der Waals surface area contributed by atoms with Gasteiger partial charge in [-0.1, -0.05) is 53.7 Å². The van der Waals surface area contributed by atoms with Crippen molar-refractivity contribution in [3.05, 3.63) is 76.7 Å². The molecule has 25 heavy (non-hydrogen) atoms. The van der Waals surface area contributed by atoms with Gasteiger partial charge in [0.15, 0.2) is 5.69 Å². The monoisotopic (exact) mass is 334 g/mol. The zero-order valence-electron chi connectivity index (χ0n) is 14.1. The molecular formula is C20H18N2O3. The first-order valence-corrected chi connectivity index (χ1v) is 8.14. The second-order valence-electron chi connectivity index (χ2n) is 6.08. The van der Waals surface area contributed by atoms with Gasteiger partial charge in [0.05, 0.1) is 18.2 Å². The number of hydrogen-bond acceptors (Lipinski definition) is 4. The number of fused-ring (bicyclic) bond motifs is 3. The highest BCUT2D eigenvalue weighted by molar-refractivity contribution is 5.95. The van der Waals surface area contributed by atoms with Crippen molar-refractivity contribution in [3.63, 3.8) is 0 Å². The Kier molecular flexibility index (Phi) is 3.86. The van der Waals surface area contributed by atoms with E-state index in [1.54, 1.807) is 14.0 Å². The molecule has 1 amide bonds. The van der Waals surface area contributed by atoms with Crippen molar-refractivity contribution >= 4 is 5.91 Å². The van der Waals surface area contributed by atoms with Crippen molar-refractivity contribution in [1.29, 1.82) is 0 Å². The summed E-state index contributed by atoms with van der Waals surface area (Å²) in [5.74, 6) is 0.333. The number of nitrogens with zero attached hydrogens (tertiary/aromatic N) is 1. The van der Waals surface area contributed by atoms with Gasteiger partial charge >= 0.3 is 0 Å². The van der Waals surface area contributed by atoms with Gasteiger partial charge in [-0.25, -0.2) is 0 Å². The number of methoxy groups -OCH3 is 1. The average molecular weight is 334 g/mol. The first-order valence-electron chi connectivity index (χ1n) is 8.14. The summed E-state index contributed by atoms with van der Waals surface area (Å²) in [6, 6.07) is 16.0. The largest absolute Gasteiger partial charge is 0.380 e. The van der Waals surface area contributed by atoms with Crippen LogP contribution in [-0.2, 0) is 11.3 Å². The number of amides is 1. The van der Waals surface area contributed by atoms with Crippen molar-refractivity contribution in [2.24, 2.45) is 0 Å². The number of carbonyl (C=O) groups excluding carboxylic acids is 1. The molecule has 5 heteroatoms. The lowest BCUT2D eigenvalue weighted by Gasteiger charge is -2.15. The third-order valence-electron chi connectivity index (χ3n) is 4.60. The van der Waals surface area contributed by atoms with E-state index in [0.717, 1.165) is 22.3 Å². The van der Waals surface area contributed by atoms with Crippen LogP contribution in [-0.4, -0.2) is 18.2 Å². The van der Waals surface area contributed by atoms with Crippen LogP contribution in [0.5, 0.6) is 0 Å². The fourth-order valence-corrected chi connectivity index (χ4v) is 3.39. The predicted molar refractivity (Wildman–Crippen MR) is 93.1 cm³/mol. The Morgan fingerprint density at radius 3 is 2.32 bits per heavy atom. The molecule has 1 N–H and O–H groups in total. The molecule has 2 aromatic carbocycles. The summed E-state index contributed by atoms with van der Waals surface area (Å²) in [5, 5.41) is 7.02. The Balaban J connectivity index is 1.71. The Morgan fingerprint density at radius 1 is 1.12 bits per heavy atom. The van der Waals surface area contributed by atoms with Gasteiger partial charge in [0.2, 0.25) is 0 Å². The molecule has 0 bridgehead atoms. The highest BCUT2D eigenvalue weighted by Crippen LogP contribution is 2.43. The Bertz CT molecular complexity index is 900. The summed E-state index contributed by atoms with van der Waals surface area (Å²) in [4.78, 5) is 12.8. The fourth-order valence-electron chi connectivity index (χ4n) is 3.39. The second-order valence-corrected chi connectivity index (χ2v) is 6.08. The maximum Gasteiger partial charge on any atom is 0.274 e. The minimum Gasteiger partial charge on any atom is -0.380 e. The number of aryl methyl sites for hydroxylation is 1. The van der Waals surface area contributed by atoms with Crippen LogP contribution in [0.15, 0.2) is 53.1 Å². The van der Waals surface area contributed by atoms with Gasteiger partial charge < -0.3 is 14.6 Å². The van der Waals surface area contributed by atoms with E-state index in [-0.39, 0.29) is 24.2 Å². The smallest absolute Gasteiger partial charge is 0.274 e. The summed E-state index contributed by atoms with van der Waals surface area (Å²) in [7, 11) is 1.58. The molecule has 3 aromatic rings. The lowest BCUT2D eigenvalue weighted by molar-refractivity contribution is 0.0930. The first-order chi connectivity index (χ1) is 12.2. The molecular weight excluding hydrogens is 316 g/mol. The number of hydrogen-bond donors (Lipinski definition) is 1. The van der Waals surface area contributed by atoms with Gasteiger partial charge in [0.1, 0.15) is 5.76 Å². The zero-order valence-corrected chi connectivity index (χ0v) is 14.1. The Labute approximate surface area is 145 Å². The molecule has 126 valence electrons. The third-order valence-corrected chi connectivity index (χ3v) is 4.60. The van der Waals surface area contributed by atoms with Gasteiger partial charge in [0.25, 0.3) is 5.91 Å². The molecule has 5 nitrogen and oxygen atoms in total. The number of rotatable bonds is 4. The van der Waals surface area contributed by atoms with Gasteiger partial charge in [-0.05, 0) is 29.2 Å². The van der Waals surface area contributed by atoms with E-state index >= 15 is 0 Å². The van der Waals surface area contributed by atoms with Gasteiger partial charge in [-0.2, -0.15) is 0 Å². The number of benzene rings is 2. The number of aromatic nitrogens is 1. The van der Waals surface area contributed by atoms with Crippen molar-refractivity contribution in [2.45, 2.75) is 19.6 Å². The number of ether oxygens (including phenoxy) is 1. The van der Waals surface area contributed by atoms with Crippen molar-refractivity contribution in [3.8, 4) is 11.1 Å². The molecule has 0 fully saturated rings. The van der Waals surface area contributed by atoms with Gasteiger partial charge in [0, 0.05) is 7.11 Å². The molecule has 0 atom stereocenters. The summed E-state index contributed by atoms with van der Waals surface area (Å²) >= 11 is 0. The maximum atomic E-state index is 12.8. The molecule has 0 saturated carbocycles. The van der Waals surface area contributed by atoms with E-state index in [1.807, 2.05) is 36.4 Å². The Morgan fingerprint density at radius 2 is 1.72 bits per heavy atom. The molecule has 0 saturated heterocycles. The van der Waals surface area contributed by atoms with Crippen LogP contribution in [0.3, 0.4) is 0 Å². The maximum absolute atomic E-state index is 12.8. The van der Waals surface area contributed by atoms with Gasteiger partial charge in [-0.3, -0.25) is 4.79 Å². The van der Waals surface area contributed by atoms with E-state index in [2.05, 4.69) is 22.6 Å². The average Bonchev–Trinajstić information content (AvgIpc) is 3.15. The van der Waals surface area contributed by atoms with Crippen molar-refractivity contribution in [2.75, 3.05) is 7.11 Å². The molecule has 1 aromatic heterocycles. The minimum atomic E-state index is -0.264. The van der Waals surface area contributed by atoms with E-state index in [9.17, 15) is 4.79 Å². The van der Waals surface area contributed by atoms with Crippen LogP contribution < -0.4 is 5.32 Å². The minimum absolute atomic E-state index is 0.202. The topological polar surface area (TPSA) is 64.4 Å². The summed E-state index contributed by atoms with van der Waals surface area (Å²) in [5.41, 5.74) is 5.44. The first kappa shape index (κ1) is 15.6. The molecule has 0 unspecified atom stereocenters. The van der Waals surface area contributed by atoms with E-state index in [4.69, 9.17) is 9.26 Å². The SMILES string of the molecule is COCc1c(C(=O)NC2c3ccccc3-c3ccccc32)noc1C. The van der Waals surface area contributed by atoms with Crippen LogP contribution in [0.25, 0.3) is 11.1 Å². The summed E-state index contributed by atoms with van der Waals surface area (Å²) in [6.45, 7) is 2.06. The Hall–Kier alpha value is -2.92. The van der Waals surface area contributed by atoms with E-state index in [1.165, 1.54) is 0 Å².